The summed E-state index contributed by atoms with van der Waals surface area (Å²) in [6.45, 7) is 5.50. The molecule has 2 aromatic carbocycles. The minimum atomic E-state index is -4.61. The largest absolute Gasteiger partial charge is 0.438 e. The van der Waals surface area contributed by atoms with Crippen LogP contribution < -0.4 is 15.6 Å². The number of fused-ring (bicyclic) bond motifs is 1. The molecule has 0 spiro atoms. The second kappa shape index (κ2) is 10.2. The first kappa shape index (κ1) is 26.2. The molecule has 0 atom stereocenters. The lowest BCUT2D eigenvalue weighted by molar-refractivity contribution is -0.137. The SMILES string of the molecule is Cc1ccc(Oc2nc3c(C)cccn3c(=O)c2/C=C(/C#N)C(=O)Nc2cccc(C(F)(F)F)c2)c(C)c1. The van der Waals surface area contributed by atoms with Crippen LogP contribution in [0.5, 0.6) is 11.6 Å². The maximum atomic E-state index is 13.5. The van der Waals surface area contributed by atoms with E-state index in [9.17, 15) is 28.0 Å². The van der Waals surface area contributed by atoms with E-state index in [0.717, 1.165) is 35.4 Å². The Balaban J connectivity index is 1.81. The van der Waals surface area contributed by atoms with Crippen LogP contribution in [0.3, 0.4) is 0 Å². The normalized spacial score (nSPS) is 11.8. The van der Waals surface area contributed by atoms with E-state index in [1.54, 1.807) is 31.2 Å². The number of nitrogens with one attached hydrogen (secondary N) is 1. The van der Waals surface area contributed by atoms with Gasteiger partial charge in [0.2, 0.25) is 5.88 Å². The Hall–Kier alpha value is -4.91. The molecule has 0 unspecified atom stereocenters. The number of hydrogen-bond donors (Lipinski definition) is 1. The van der Waals surface area contributed by atoms with Gasteiger partial charge in [0.05, 0.1) is 5.56 Å². The van der Waals surface area contributed by atoms with E-state index < -0.39 is 28.8 Å². The number of anilines is 1. The van der Waals surface area contributed by atoms with Gasteiger partial charge in [0.25, 0.3) is 11.5 Å². The smallest absolute Gasteiger partial charge is 0.416 e. The lowest BCUT2D eigenvalue weighted by Crippen LogP contribution is -2.21. The van der Waals surface area contributed by atoms with Gasteiger partial charge < -0.3 is 10.1 Å². The minimum Gasteiger partial charge on any atom is -0.438 e. The van der Waals surface area contributed by atoms with Crippen LogP contribution in [0.1, 0.15) is 27.8 Å². The third-order valence-corrected chi connectivity index (χ3v) is 5.69. The number of carbonyl (C=O) groups is 1. The number of aryl methyl sites for hydroxylation is 3. The maximum absolute atomic E-state index is 13.5. The van der Waals surface area contributed by atoms with Gasteiger partial charge in [0.1, 0.15) is 28.6 Å². The average molecular weight is 518 g/mol. The molecule has 2 heterocycles. The fourth-order valence-corrected chi connectivity index (χ4v) is 3.78. The van der Waals surface area contributed by atoms with Crippen LogP contribution in [0.15, 0.2) is 71.2 Å². The summed E-state index contributed by atoms with van der Waals surface area (Å²) in [5.74, 6) is -0.712. The predicted molar refractivity (Wildman–Crippen MR) is 136 cm³/mol. The summed E-state index contributed by atoms with van der Waals surface area (Å²) in [5, 5.41) is 12.0. The van der Waals surface area contributed by atoms with Gasteiger partial charge in [0.15, 0.2) is 0 Å². The van der Waals surface area contributed by atoms with Gasteiger partial charge in [-0.15, -0.1) is 0 Å². The Kier molecular flexibility index (Phi) is 7.04. The number of rotatable bonds is 5. The van der Waals surface area contributed by atoms with E-state index in [2.05, 4.69) is 10.3 Å². The molecule has 0 fully saturated rings. The van der Waals surface area contributed by atoms with E-state index in [-0.39, 0.29) is 17.1 Å². The molecule has 0 bridgehead atoms. The van der Waals surface area contributed by atoms with Crippen molar-refractivity contribution >= 4 is 23.3 Å². The lowest BCUT2D eigenvalue weighted by atomic mass is 10.1. The van der Waals surface area contributed by atoms with Crippen molar-refractivity contribution in [3.8, 4) is 17.7 Å². The summed E-state index contributed by atoms with van der Waals surface area (Å²) in [5.41, 5.74) is 0.344. The van der Waals surface area contributed by atoms with E-state index in [1.165, 1.54) is 16.7 Å². The predicted octanol–water partition coefficient (Wildman–Crippen LogP) is 5.98. The number of halogens is 3. The molecular formula is C28H21F3N4O3. The first-order chi connectivity index (χ1) is 18.0. The Labute approximate surface area is 215 Å². The van der Waals surface area contributed by atoms with Gasteiger partial charge in [-0.1, -0.05) is 29.8 Å². The summed E-state index contributed by atoms with van der Waals surface area (Å²) < 4.78 is 46.4. The number of hydrogen-bond acceptors (Lipinski definition) is 5. The number of benzene rings is 2. The first-order valence-corrected chi connectivity index (χ1v) is 11.4. The molecule has 0 aliphatic carbocycles. The third-order valence-electron chi connectivity index (χ3n) is 5.69. The summed E-state index contributed by atoms with van der Waals surface area (Å²) in [7, 11) is 0. The Morgan fingerprint density at radius 1 is 1.08 bits per heavy atom. The molecule has 0 saturated heterocycles. The second-order valence-corrected chi connectivity index (χ2v) is 8.59. The van der Waals surface area contributed by atoms with Crippen molar-refractivity contribution in [3.63, 3.8) is 0 Å². The highest BCUT2D eigenvalue weighted by Gasteiger charge is 2.30. The number of alkyl halides is 3. The van der Waals surface area contributed by atoms with Crippen LogP contribution in [0.2, 0.25) is 0 Å². The highest BCUT2D eigenvalue weighted by molar-refractivity contribution is 6.09. The molecule has 10 heteroatoms. The van der Waals surface area contributed by atoms with Crippen molar-refractivity contribution in [3.05, 3.63) is 105 Å². The van der Waals surface area contributed by atoms with Crippen molar-refractivity contribution in [2.24, 2.45) is 0 Å². The molecule has 4 rings (SSSR count). The Morgan fingerprint density at radius 2 is 1.84 bits per heavy atom. The zero-order chi connectivity index (χ0) is 27.6. The standard InChI is InChI=1S/C28H21F3N4O3/c1-16-9-10-23(18(3)12-16)38-26-22(27(37)35-11-5-6-17(2)24(35)34-26)13-19(15-32)25(36)33-21-8-4-7-20(14-21)28(29,30)31/h4-14H,1-3H3,(H,33,36)/b19-13-. The Morgan fingerprint density at radius 3 is 2.53 bits per heavy atom. The van der Waals surface area contributed by atoms with Crippen molar-refractivity contribution in [1.82, 2.24) is 9.38 Å². The molecule has 192 valence electrons. The molecule has 4 aromatic rings. The quantitative estimate of drug-likeness (QED) is 0.259. The van der Waals surface area contributed by atoms with Gasteiger partial charge in [-0.2, -0.15) is 23.4 Å². The van der Waals surface area contributed by atoms with E-state index in [0.29, 0.717) is 17.0 Å². The topological polar surface area (TPSA) is 96.5 Å². The third kappa shape index (κ3) is 5.42. The summed E-state index contributed by atoms with van der Waals surface area (Å²) in [6.07, 6.45) is -2.10. The van der Waals surface area contributed by atoms with Crippen molar-refractivity contribution in [1.29, 1.82) is 5.26 Å². The molecule has 1 N–H and O–H groups in total. The lowest BCUT2D eigenvalue weighted by Gasteiger charge is -2.13. The minimum absolute atomic E-state index is 0.129. The Bertz CT molecular complexity index is 1700. The number of nitrogens with zero attached hydrogens (tertiary/aromatic N) is 3. The second-order valence-electron chi connectivity index (χ2n) is 8.59. The highest BCUT2D eigenvalue weighted by Crippen LogP contribution is 2.31. The molecule has 0 aliphatic heterocycles. The molecule has 38 heavy (non-hydrogen) atoms. The van der Waals surface area contributed by atoms with Gasteiger partial charge in [-0.3, -0.25) is 14.0 Å². The molecule has 7 nitrogen and oxygen atoms in total. The number of pyridine rings is 1. The van der Waals surface area contributed by atoms with Gasteiger partial charge in [-0.25, -0.2) is 0 Å². The van der Waals surface area contributed by atoms with Gasteiger partial charge in [-0.05, 0) is 68.3 Å². The van der Waals surface area contributed by atoms with E-state index in [1.807, 2.05) is 26.0 Å². The molecule has 1 amide bonds. The van der Waals surface area contributed by atoms with Crippen LogP contribution in [-0.4, -0.2) is 15.3 Å². The number of aromatic nitrogens is 2. The zero-order valence-electron chi connectivity index (χ0n) is 20.6. The fourth-order valence-electron chi connectivity index (χ4n) is 3.78. The van der Waals surface area contributed by atoms with E-state index in [4.69, 9.17) is 4.74 Å². The summed E-state index contributed by atoms with van der Waals surface area (Å²) in [6, 6.07) is 14.5. The summed E-state index contributed by atoms with van der Waals surface area (Å²) >= 11 is 0. The van der Waals surface area contributed by atoms with Gasteiger partial charge >= 0.3 is 6.18 Å². The molecular weight excluding hydrogens is 497 g/mol. The highest BCUT2D eigenvalue weighted by atomic mass is 19.4. The van der Waals surface area contributed by atoms with Crippen LogP contribution in [-0.2, 0) is 11.0 Å². The van der Waals surface area contributed by atoms with E-state index >= 15 is 0 Å². The number of amides is 1. The average Bonchev–Trinajstić information content (AvgIpc) is 2.86. The van der Waals surface area contributed by atoms with Crippen LogP contribution >= 0.6 is 0 Å². The van der Waals surface area contributed by atoms with Crippen molar-refractivity contribution < 1.29 is 22.7 Å². The molecule has 0 aliphatic rings. The number of carbonyl (C=O) groups excluding carboxylic acids is 1. The van der Waals surface area contributed by atoms with Crippen LogP contribution in [0, 0.1) is 32.1 Å². The number of ether oxygens (including phenoxy) is 1. The number of nitriles is 1. The van der Waals surface area contributed by atoms with Crippen LogP contribution in [0.25, 0.3) is 11.7 Å². The van der Waals surface area contributed by atoms with Crippen molar-refractivity contribution in [2.75, 3.05) is 5.32 Å². The van der Waals surface area contributed by atoms with Crippen LogP contribution in [0.4, 0.5) is 18.9 Å². The zero-order valence-corrected chi connectivity index (χ0v) is 20.6. The monoisotopic (exact) mass is 518 g/mol. The molecule has 0 radical (unpaired) electrons. The molecule has 2 aromatic heterocycles. The summed E-state index contributed by atoms with van der Waals surface area (Å²) in [4.78, 5) is 30.8. The fraction of sp³-hybridized carbons (Fsp3) is 0.143. The van der Waals surface area contributed by atoms with Crippen molar-refractivity contribution in [2.45, 2.75) is 26.9 Å². The maximum Gasteiger partial charge on any atom is 0.416 e. The van der Waals surface area contributed by atoms with Gasteiger partial charge in [0, 0.05) is 11.9 Å². The first-order valence-electron chi connectivity index (χ1n) is 11.4. The molecule has 0 saturated carbocycles.